The van der Waals surface area contributed by atoms with Crippen molar-refractivity contribution in [1.82, 2.24) is 9.88 Å². The lowest BCUT2D eigenvalue weighted by Crippen LogP contribution is -2.45. The number of carbonyl (C=O) groups excluding carboxylic acids is 2. The maximum Gasteiger partial charge on any atom is 0.414 e. The summed E-state index contributed by atoms with van der Waals surface area (Å²) < 4.78 is 13.2. The maximum absolute atomic E-state index is 14.1. The van der Waals surface area contributed by atoms with Crippen LogP contribution in [0.2, 0.25) is 10.0 Å². The molecule has 1 atom stereocenters. The second-order valence-electron chi connectivity index (χ2n) is 9.72. The fraction of sp³-hybridized carbons (Fsp3) is 0.241. The SMILES string of the molecule is COc1ccc2cc(OC(=O)NC3CCC3)n(C3(Cc4cccc(Cl)c4)C(=O)Nc4cc(Cl)ccc43)c2c1. The molecule has 2 N–H and O–H groups in total. The normalized spacial score (nSPS) is 18.6. The first-order valence-corrected chi connectivity index (χ1v) is 13.2. The molecule has 4 aromatic rings. The third-order valence-electron chi connectivity index (χ3n) is 7.38. The van der Waals surface area contributed by atoms with Gasteiger partial charge in [-0.25, -0.2) is 4.79 Å². The first-order chi connectivity index (χ1) is 18.4. The molecule has 0 bridgehead atoms. The molecule has 38 heavy (non-hydrogen) atoms. The molecule has 2 aliphatic rings. The first-order valence-electron chi connectivity index (χ1n) is 12.4. The van der Waals surface area contributed by atoms with Gasteiger partial charge in [-0.05, 0) is 61.2 Å². The maximum atomic E-state index is 14.1. The molecule has 1 aliphatic heterocycles. The van der Waals surface area contributed by atoms with E-state index in [2.05, 4.69) is 10.6 Å². The number of fused-ring (bicyclic) bond motifs is 2. The first kappa shape index (κ1) is 24.6. The zero-order valence-electron chi connectivity index (χ0n) is 20.6. The third-order valence-corrected chi connectivity index (χ3v) is 7.85. The quantitative estimate of drug-likeness (QED) is 0.286. The predicted octanol–water partition coefficient (Wildman–Crippen LogP) is 6.54. The molecule has 1 aromatic heterocycles. The number of halogens is 2. The van der Waals surface area contributed by atoms with Gasteiger partial charge in [-0.3, -0.25) is 9.36 Å². The molecule has 3 aromatic carbocycles. The molecule has 1 unspecified atom stereocenters. The van der Waals surface area contributed by atoms with Crippen LogP contribution in [-0.2, 0) is 16.8 Å². The van der Waals surface area contributed by atoms with Gasteiger partial charge in [-0.1, -0.05) is 41.4 Å². The van der Waals surface area contributed by atoms with Crippen LogP contribution in [-0.4, -0.2) is 29.7 Å². The van der Waals surface area contributed by atoms with Crippen molar-refractivity contribution >= 4 is 51.8 Å². The molecule has 0 radical (unpaired) electrons. The van der Waals surface area contributed by atoms with E-state index in [1.54, 1.807) is 35.9 Å². The van der Waals surface area contributed by atoms with E-state index in [0.717, 1.165) is 30.2 Å². The number of hydrogen-bond donors (Lipinski definition) is 2. The number of hydrogen-bond acceptors (Lipinski definition) is 4. The van der Waals surface area contributed by atoms with Gasteiger partial charge in [0, 0.05) is 51.3 Å². The molecular weight excluding hydrogens is 525 g/mol. The number of nitrogens with one attached hydrogen (secondary N) is 2. The molecule has 1 aliphatic carbocycles. The Morgan fingerprint density at radius 3 is 2.63 bits per heavy atom. The van der Waals surface area contributed by atoms with Crippen LogP contribution in [0.25, 0.3) is 10.9 Å². The second kappa shape index (κ2) is 9.57. The van der Waals surface area contributed by atoms with E-state index in [9.17, 15) is 9.59 Å². The van der Waals surface area contributed by atoms with Gasteiger partial charge in [-0.15, -0.1) is 0 Å². The van der Waals surface area contributed by atoms with Crippen molar-refractivity contribution in [2.24, 2.45) is 0 Å². The average molecular weight is 550 g/mol. The van der Waals surface area contributed by atoms with Crippen molar-refractivity contribution < 1.29 is 19.1 Å². The van der Waals surface area contributed by atoms with Crippen LogP contribution in [0.4, 0.5) is 10.5 Å². The highest BCUT2D eigenvalue weighted by atomic mass is 35.5. The lowest BCUT2D eigenvalue weighted by molar-refractivity contribution is -0.121. The lowest BCUT2D eigenvalue weighted by atomic mass is 9.84. The van der Waals surface area contributed by atoms with Crippen molar-refractivity contribution in [2.75, 3.05) is 12.4 Å². The van der Waals surface area contributed by atoms with Crippen molar-refractivity contribution in [1.29, 1.82) is 0 Å². The molecule has 2 heterocycles. The van der Waals surface area contributed by atoms with Gasteiger partial charge in [0.15, 0.2) is 5.54 Å². The number of carbonyl (C=O) groups is 2. The summed E-state index contributed by atoms with van der Waals surface area (Å²) in [5, 5.41) is 7.78. The monoisotopic (exact) mass is 549 g/mol. The molecular formula is C29H25Cl2N3O4. The highest BCUT2D eigenvalue weighted by Gasteiger charge is 2.51. The van der Waals surface area contributed by atoms with E-state index in [-0.39, 0.29) is 24.2 Å². The van der Waals surface area contributed by atoms with E-state index in [4.69, 9.17) is 32.7 Å². The van der Waals surface area contributed by atoms with E-state index < -0.39 is 11.6 Å². The molecule has 0 saturated heterocycles. The third kappa shape index (κ3) is 4.16. The van der Waals surface area contributed by atoms with Gasteiger partial charge < -0.3 is 20.1 Å². The smallest absolute Gasteiger partial charge is 0.414 e. The summed E-state index contributed by atoms with van der Waals surface area (Å²) in [7, 11) is 1.58. The highest BCUT2D eigenvalue weighted by molar-refractivity contribution is 6.31. The summed E-state index contributed by atoms with van der Waals surface area (Å²) >= 11 is 12.6. The Hall–Kier alpha value is -3.68. The number of rotatable bonds is 6. The molecule has 6 rings (SSSR count). The molecule has 7 nitrogen and oxygen atoms in total. The summed E-state index contributed by atoms with van der Waals surface area (Å²) in [6, 6.07) is 20.1. The summed E-state index contributed by atoms with van der Waals surface area (Å²) in [6.45, 7) is 0. The minimum atomic E-state index is -1.31. The summed E-state index contributed by atoms with van der Waals surface area (Å²) in [5.41, 5.74) is 1.50. The van der Waals surface area contributed by atoms with Crippen LogP contribution in [0.5, 0.6) is 11.6 Å². The minimum absolute atomic E-state index is 0.0958. The van der Waals surface area contributed by atoms with Gasteiger partial charge in [0.25, 0.3) is 5.91 Å². The highest BCUT2D eigenvalue weighted by Crippen LogP contribution is 2.47. The predicted molar refractivity (Wildman–Crippen MR) is 148 cm³/mol. The fourth-order valence-electron chi connectivity index (χ4n) is 5.34. The number of ether oxygens (including phenoxy) is 2. The molecule has 9 heteroatoms. The number of benzene rings is 3. The summed E-state index contributed by atoms with van der Waals surface area (Å²) in [5.74, 6) is 0.569. The lowest BCUT2D eigenvalue weighted by Gasteiger charge is -2.32. The number of amides is 2. The van der Waals surface area contributed by atoms with Crippen LogP contribution < -0.4 is 20.1 Å². The second-order valence-corrected chi connectivity index (χ2v) is 10.6. The van der Waals surface area contributed by atoms with Crippen molar-refractivity contribution in [3.8, 4) is 11.6 Å². The number of methoxy groups -OCH3 is 1. The standard InChI is InChI=1S/C29H25Cl2N3O4/c1-37-22-10-8-18-13-26(38-28(36)32-21-6-3-7-21)34(25(18)15-22)29(16-17-4-2-5-19(30)12-17)23-11-9-20(31)14-24(23)33-27(29)35/h2,4-5,8-15,21H,3,6-7,16H2,1H3,(H,32,36)(H,33,35). The largest absolute Gasteiger partial charge is 0.497 e. The fourth-order valence-corrected chi connectivity index (χ4v) is 5.73. The van der Waals surface area contributed by atoms with Crippen LogP contribution in [0.15, 0.2) is 66.7 Å². The van der Waals surface area contributed by atoms with Gasteiger partial charge in [0.05, 0.1) is 12.6 Å². The Morgan fingerprint density at radius 2 is 1.89 bits per heavy atom. The Labute approximate surface area is 229 Å². The van der Waals surface area contributed by atoms with Crippen molar-refractivity contribution in [3.63, 3.8) is 0 Å². The Morgan fingerprint density at radius 1 is 1.08 bits per heavy atom. The zero-order chi connectivity index (χ0) is 26.4. The van der Waals surface area contributed by atoms with Crippen LogP contribution in [0.1, 0.15) is 30.4 Å². The minimum Gasteiger partial charge on any atom is -0.497 e. The van der Waals surface area contributed by atoms with Gasteiger partial charge in [0.2, 0.25) is 5.88 Å². The van der Waals surface area contributed by atoms with Crippen molar-refractivity contribution in [2.45, 2.75) is 37.3 Å². The van der Waals surface area contributed by atoms with Gasteiger partial charge >= 0.3 is 6.09 Å². The number of aromatic nitrogens is 1. The molecule has 194 valence electrons. The Bertz CT molecular complexity index is 1580. The van der Waals surface area contributed by atoms with Crippen LogP contribution in [0, 0.1) is 0 Å². The van der Waals surface area contributed by atoms with E-state index >= 15 is 0 Å². The Kier molecular flexibility index (Phi) is 6.20. The zero-order valence-corrected chi connectivity index (χ0v) is 22.1. The Balaban J connectivity index is 1.59. The molecule has 2 amide bonds. The average Bonchev–Trinajstić information content (AvgIpc) is 3.34. The molecule has 1 fully saturated rings. The number of nitrogens with zero attached hydrogens (tertiary/aromatic N) is 1. The van der Waals surface area contributed by atoms with Crippen LogP contribution in [0.3, 0.4) is 0 Å². The van der Waals surface area contributed by atoms with Crippen LogP contribution >= 0.6 is 23.2 Å². The van der Waals surface area contributed by atoms with E-state index in [1.807, 2.05) is 42.5 Å². The molecule has 0 spiro atoms. The van der Waals surface area contributed by atoms with E-state index in [0.29, 0.717) is 32.6 Å². The molecule has 1 saturated carbocycles. The van der Waals surface area contributed by atoms with Gasteiger partial charge in [-0.2, -0.15) is 0 Å². The summed E-state index contributed by atoms with van der Waals surface area (Å²) in [6.07, 6.45) is 2.61. The summed E-state index contributed by atoms with van der Waals surface area (Å²) in [4.78, 5) is 27.1. The van der Waals surface area contributed by atoms with E-state index in [1.165, 1.54) is 0 Å². The van der Waals surface area contributed by atoms with Crippen molar-refractivity contribution in [3.05, 3.63) is 87.9 Å². The number of anilines is 1. The topological polar surface area (TPSA) is 81.6 Å². The van der Waals surface area contributed by atoms with Gasteiger partial charge in [0.1, 0.15) is 5.75 Å².